The molecular weight excluding hydrogens is 524 g/mol. The Morgan fingerprint density at radius 3 is 2.71 bits per heavy atom. The van der Waals surface area contributed by atoms with Crippen LogP contribution in [-0.4, -0.2) is 41.0 Å². The summed E-state index contributed by atoms with van der Waals surface area (Å²) in [6.07, 6.45) is 0.416. The van der Waals surface area contributed by atoms with Gasteiger partial charge in [-0.25, -0.2) is 4.79 Å². The molecule has 2 aliphatic rings. The van der Waals surface area contributed by atoms with Gasteiger partial charge in [0.2, 0.25) is 0 Å². The van der Waals surface area contributed by atoms with Gasteiger partial charge in [-0.3, -0.25) is 10.1 Å². The van der Waals surface area contributed by atoms with Gasteiger partial charge in [-0.2, -0.15) is 0 Å². The van der Waals surface area contributed by atoms with Crippen molar-refractivity contribution in [2.45, 2.75) is 90.4 Å². The molecule has 3 heterocycles. The van der Waals surface area contributed by atoms with Gasteiger partial charge in [0, 0.05) is 30.5 Å². The highest BCUT2D eigenvalue weighted by molar-refractivity contribution is 5.87. The fourth-order valence-electron chi connectivity index (χ4n) is 5.39. The lowest BCUT2D eigenvalue weighted by molar-refractivity contribution is -0.166. The van der Waals surface area contributed by atoms with E-state index in [1.165, 1.54) is 6.07 Å². The molecule has 0 saturated carbocycles. The number of nitrogens with one attached hydrogen (secondary N) is 1. The summed E-state index contributed by atoms with van der Waals surface area (Å²) in [6, 6.07) is 10.9. The van der Waals surface area contributed by atoms with Crippen LogP contribution in [0.2, 0.25) is 0 Å². The number of carbonyl (C=O) groups excluding carboxylic acids is 1. The Bertz CT molecular complexity index is 1530. The van der Waals surface area contributed by atoms with Crippen molar-refractivity contribution in [1.82, 2.24) is 5.32 Å². The Morgan fingerprint density at radius 1 is 1.22 bits per heavy atom. The SMILES string of the molecule is Cc1cc(=O)c2c(O)c3c(cc2o1)OC(C)(C)[C@H](OC(=O)[C@]1(C)O[C@@H]1Cc1cccc([C@@H](N)NCCC(C)C)c1)C3. The molecule has 1 aromatic heterocycles. The molecule has 1 saturated heterocycles. The maximum absolute atomic E-state index is 13.4. The summed E-state index contributed by atoms with van der Waals surface area (Å²) in [4.78, 5) is 25.9. The summed E-state index contributed by atoms with van der Waals surface area (Å²) in [5, 5.41) is 14.4. The molecule has 0 unspecified atom stereocenters. The standard InChI is InChI=1S/C32H40N2O7/c1-17(2)10-11-34-29(33)20-9-7-8-19(13-20)14-26-32(6,41-26)30(37)39-25-15-21-23(40-31(25,4)5)16-24-27(28(21)36)22(35)12-18(3)38-24/h7-9,12-13,16-17,25-26,29,34,36H,10-11,14-15,33H2,1-6H3/t25-,26-,29+,32-/m1/s1. The summed E-state index contributed by atoms with van der Waals surface area (Å²) < 4.78 is 23.7. The van der Waals surface area contributed by atoms with Crippen LogP contribution in [0.1, 0.15) is 69.7 Å². The molecule has 1 fully saturated rings. The quantitative estimate of drug-likeness (QED) is 0.196. The fraction of sp³-hybridized carbons (Fsp3) is 0.500. The van der Waals surface area contributed by atoms with Crippen molar-refractivity contribution in [3.8, 4) is 11.5 Å². The van der Waals surface area contributed by atoms with Crippen molar-refractivity contribution < 1.29 is 28.5 Å². The highest BCUT2D eigenvalue weighted by atomic mass is 16.7. The van der Waals surface area contributed by atoms with E-state index in [0.29, 0.717) is 29.4 Å². The van der Waals surface area contributed by atoms with E-state index in [0.717, 1.165) is 24.1 Å². The topological polar surface area (TPSA) is 137 Å². The minimum atomic E-state index is -1.10. The van der Waals surface area contributed by atoms with E-state index in [2.05, 4.69) is 19.2 Å². The first-order chi connectivity index (χ1) is 19.3. The van der Waals surface area contributed by atoms with E-state index >= 15 is 0 Å². The molecule has 0 amide bonds. The second kappa shape index (κ2) is 10.8. The average molecular weight is 565 g/mol. The summed E-state index contributed by atoms with van der Waals surface area (Å²) in [5.41, 5.74) is 6.64. The van der Waals surface area contributed by atoms with Crippen LogP contribution < -0.4 is 21.2 Å². The lowest BCUT2D eigenvalue weighted by Crippen LogP contribution is -2.50. The average Bonchev–Trinajstić information content (AvgIpc) is 3.54. The number of rotatable bonds is 9. The van der Waals surface area contributed by atoms with Crippen LogP contribution in [0.25, 0.3) is 11.0 Å². The molecule has 2 aliphatic heterocycles. The molecular formula is C32H40N2O7. The number of nitrogens with two attached hydrogens (primary N) is 1. The van der Waals surface area contributed by atoms with Gasteiger partial charge in [-0.1, -0.05) is 38.1 Å². The highest BCUT2D eigenvalue weighted by Crippen LogP contribution is 2.45. The smallest absolute Gasteiger partial charge is 0.341 e. The molecule has 0 aliphatic carbocycles. The molecule has 3 aromatic rings. The number of esters is 1. The third-order valence-corrected chi connectivity index (χ3v) is 8.13. The zero-order valence-corrected chi connectivity index (χ0v) is 24.6. The molecule has 0 bridgehead atoms. The van der Waals surface area contributed by atoms with Gasteiger partial charge < -0.3 is 29.5 Å². The molecule has 5 rings (SSSR count). The molecule has 220 valence electrons. The van der Waals surface area contributed by atoms with Gasteiger partial charge in [-0.05, 0) is 57.7 Å². The Labute approximate surface area is 240 Å². The van der Waals surface area contributed by atoms with E-state index < -0.39 is 23.3 Å². The summed E-state index contributed by atoms with van der Waals surface area (Å²) in [7, 11) is 0. The number of benzene rings is 2. The van der Waals surface area contributed by atoms with E-state index in [4.69, 9.17) is 24.4 Å². The van der Waals surface area contributed by atoms with Gasteiger partial charge >= 0.3 is 5.97 Å². The van der Waals surface area contributed by atoms with Crippen LogP contribution in [0, 0.1) is 12.8 Å². The van der Waals surface area contributed by atoms with E-state index in [-0.39, 0.29) is 40.8 Å². The van der Waals surface area contributed by atoms with Crippen LogP contribution in [0.5, 0.6) is 11.5 Å². The number of aryl methyl sites for hydroxylation is 1. The number of epoxide rings is 1. The number of fused-ring (bicyclic) bond motifs is 2. The third-order valence-electron chi connectivity index (χ3n) is 8.13. The Morgan fingerprint density at radius 2 is 1.98 bits per heavy atom. The summed E-state index contributed by atoms with van der Waals surface area (Å²) >= 11 is 0. The number of ether oxygens (including phenoxy) is 3. The number of hydrogen-bond donors (Lipinski definition) is 3. The molecule has 4 N–H and O–H groups in total. The largest absolute Gasteiger partial charge is 0.507 e. The van der Waals surface area contributed by atoms with E-state index in [9.17, 15) is 14.7 Å². The van der Waals surface area contributed by atoms with Crippen molar-refractivity contribution in [3.05, 3.63) is 69.1 Å². The number of phenolic OH excluding ortho intramolecular Hbond substituents is 1. The van der Waals surface area contributed by atoms with Crippen molar-refractivity contribution >= 4 is 16.9 Å². The molecule has 9 nitrogen and oxygen atoms in total. The van der Waals surface area contributed by atoms with Crippen LogP contribution >= 0.6 is 0 Å². The van der Waals surface area contributed by atoms with Gasteiger partial charge in [0.25, 0.3) is 0 Å². The predicted molar refractivity (Wildman–Crippen MR) is 155 cm³/mol. The zero-order valence-electron chi connectivity index (χ0n) is 24.6. The maximum atomic E-state index is 13.4. The van der Waals surface area contributed by atoms with E-state index in [1.807, 2.05) is 38.1 Å². The zero-order chi connectivity index (χ0) is 29.7. The van der Waals surface area contributed by atoms with Crippen molar-refractivity contribution in [3.63, 3.8) is 0 Å². The minimum absolute atomic E-state index is 0.0809. The molecule has 2 aromatic carbocycles. The van der Waals surface area contributed by atoms with Crippen LogP contribution in [-0.2, 0) is 27.1 Å². The van der Waals surface area contributed by atoms with Crippen molar-refractivity contribution in [2.75, 3.05) is 6.54 Å². The number of aromatic hydroxyl groups is 1. The molecule has 0 radical (unpaired) electrons. The monoisotopic (exact) mass is 564 g/mol. The first-order valence-corrected chi connectivity index (χ1v) is 14.2. The van der Waals surface area contributed by atoms with Crippen molar-refractivity contribution in [1.29, 1.82) is 0 Å². The molecule has 9 heteroatoms. The Kier molecular flexibility index (Phi) is 7.65. The normalized spacial score (nSPS) is 23.6. The lowest BCUT2D eigenvalue weighted by Gasteiger charge is -2.39. The number of phenols is 1. The predicted octanol–water partition coefficient (Wildman–Crippen LogP) is 4.43. The van der Waals surface area contributed by atoms with Crippen molar-refractivity contribution in [2.24, 2.45) is 11.7 Å². The number of hydrogen-bond acceptors (Lipinski definition) is 9. The van der Waals surface area contributed by atoms with Crippen LogP contribution in [0.15, 0.2) is 45.6 Å². The Hall–Kier alpha value is -3.40. The molecule has 4 atom stereocenters. The maximum Gasteiger partial charge on any atom is 0.341 e. The molecule has 41 heavy (non-hydrogen) atoms. The summed E-state index contributed by atoms with van der Waals surface area (Å²) in [6.45, 7) is 12.2. The molecule has 0 spiro atoms. The first-order valence-electron chi connectivity index (χ1n) is 14.2. The van der Waals surface area contributed by atoms with Gasteiger partial charge in [0.1, 0.15) is 46.0 Å². The number of carbonyl (C=O) groups is 1. The second-order valence-electron chi connectivity index (χ2n) is 12.4. The lowest BCUT2D eigenvalue weighted by atomic mass is 9.89. The summed E-state index contributed by atoms with van der Waals surface area (Å²) in [5.74, 6) is 0.716. The van der Waals surface area contributed by atoms with Gasteiger partial charge in [-0.15, -0.1) is 0 Å². The van der Waals surface area contributed by atoms with E-state index in [1.54, 1.807) is 19.9 Å². The Balaban J connectivity index is 1.27. The van der Waals surface area contributed by atoms with Crippen LogP contribution in [0.3, 0.4) is 0 Å². The van der Waals surface area contributed by atoms with Gasteiger partial charge in [0.05, 0.1) is 6.17 Å². The second-order valence-corrected chi connectivity index (χ2v) is 12.4. The van der Waals surface area contributed by atoms with Gasteiger partial charge in [0.15, 0.2) is 11.0 Å². The fourth-order valence-corrected chi connectivity index (χ4v) is 5.39. The minimum Gasteiger partial charge on any atom is -0.507 e. The van der Waals surface area contributed by atoms with Crippen LogP contribution in [0.4, 0.5) is 0 Å². The first kappa shape index (κ1) is 29.1. The third kappa shape index (κ3) is 5.84. The highest BCUT2D eigenvalue weighted by Gasteiger charge is 2.60.